The van der Waals surface area contributed by atoms with E-state index in [1.165, 1.54) is 12.1 Å². The zero-order valence-corrected chi connectivity index (χ0v) is 7.97. The molecule has 1 rings (SSSR count). The number of hydrogen-bond acceptors (Lipinski definition) is 2. The normalized spacial score (nSPS) is 13.3. The van der Waals surface area contributed by atoms with Crippen molar-refractivity contribution in [3.8, 4) is 6.07 Å². The lowest BCUT2D eigenvalue weighted by atomic mass is 10.1. The van der Waals surface area contributed by atoms with Crippen LogP contribution in [0.15, 0.2) is 24.3 Å². The molecule has 0 heterocycles. The maximum Gasteiger partial charge on any atom is 0.416 e. The zero-order chi connectivity index (χ0) is 11.5. The molecule has 1 unspecified atom stereocenters. The van der Waals surface area contributed by atoms with Crippen LogP contribution in [0.2, 0.25) is 0 Å². The van der Waals surface area contributed by atoms with Crippen LogP contribution in [0.4, 0.5) is 13.2 Å². The van der Waals surface area contributed by atoms with Gasteiger partial charge in [-0.15, -0.1) is 0 Å². The Morgan fingerprint density at radius 1 is 1.27 bits per heavy atom. The van der Waals surface area contributed by atoms with Gasteiger partial charge >= 0.3 is 6.18 Å². The van der Waals surface area contributed by atoms with Gasteiger partial charge in [-0.25, -0.2) is 0 Å². The van der Waals surface area contributed by atoms with Crippen molar-refractivity contribution in [1.82, 2.24) is 5.32 Å². The van der Waals surface area contributed by atoms with E-state index in [9.17, 15) is 13.2 Å². The monoisotopic (exact) mass is 214 g/mol. The predicted molar refractivity (Wildman–Crippen MR) is 48.9 cm³/mol. The summed E-state index contributed by atoms with van der Waals surface area (Å²) in [5.74, 6) is 0. The van der Waals surface area contributed by atoms with Crippen molar-refractivity contribution in [1.29, 1.82) is 5.26 Å². The standard InChI is InChI=1S/C10H9F3N2/c1-15-9(6-14)7-2-4-8(5-3-7)10(11,12)13/h2-5,9,15H,1H3. The van der Waals surface area contributed by atoms with Crippen LogP contribution in [0.1, 0.15) is 17.2 Å². The van der Waals surface area contributed by atoms with Crippen LogP contribution in [0, 0.1) is 11.3 Å². The summed E-state index contributed by atoms with van der Waals surface area (Å²) in [4.78, 5) is 0. The predicted octanol–water partition coefficient (Wildman–Crippen LogP) is 2.49. The second-order valence-electron chi connectivity index (χ2n) is 2.97. The van der Waals surface area contributed by atoms with Gasteiger partial charge in [0.05, 0.1) is 11.6 Å². The highest BCUT2D eigenvalue weighted by Crippen LogP contribution is 2.29. The molecule has 0 aliphatic heterocycles. The van der Waals surface area contributed by atoms with Crippen molar-refractivity contribution in [2.75, 3.05) is 7.05 Å². The summed E-state index contributed by atoms with van der Waals surface area (Å²) in [5, 5.41) is 11.4. The number of alkyl halides is 3. The largest absolute Gasteiger partial charge is 0.416 e. The van der Waals surface area contributed by atoms with Gasteiger partial charge in [0.25, 0.3) is 0 Å². The molecule has 0 spiro atoms. The first kappa shape index (κ1) is 11.5. The number of nitriles is 1. The van der Waals surface area contributed by atoms with Crippen LogP contribution in [0.3, 0.4) is 0 Å². The highest BCUT2D eigenvalue weighted by Gasteiger charge is 2.30. The smallest absolute Gasteiger partial charge is 0.301 e. The maximum absolute atomic E-state index is 12.2. The van der Waals surface area contributed by atoms with Crippen molar-refractivity contribution in [3.63, 3.8) is 0 Å². The zero-order valence-electron chi connectivity index (χ0n) is 7.97. The topological polar surface area (TPSA) is 35.8 Å². The van der Waals surface area contributed by atoms with Gasteiger partial charge in [0.15, 0.2) is 0 Å². The molecule has 1 aromatic carbocycles. The Hall–Kier alpha value is -1.54. The molecule has 0 saturated heterocycles. The van der Waals surface area contributed by atoms with Gasteiger partial charge in [0.2, 0.25) is 0 Å². The fourth-order valence-corrected chi connectivity index (χ4v) is 1.17. The summed E-state index contributed by atoms with van der Waals surface area (Å²) in [6.07, 6.45) is -4.33. The molecule has 0 aromatic heterocycles. The average Bonchev–Trinajstić information content (AvgIpc) is 2.19. The summed E-state index contributed by atoms with van der Waals surface area (Å²) in [6, 6.07) is 5.89. The van der Waals surface area contributed by atoms with Gasteiger partial charge in [0, 0.05) is 0 Å². The van der Waals surface area contributed by atoms with Crippen molar-refractivity contribution < 1.29 is 13.2 Å². The minimum Gasteiger partial charge on any atom is -0.301 e. The van der Waals surface area contributed by atoms with Crippen LogP contribution < -0.4 is 5.32 Å². The van der Waals surface area contributed by atoms with Crippen LogP contribution in [-0.4, -0.2) is 7.05 Å². The number of hydrogen-bond donors (Lipinski definition) is 1. The van der Waals surface area contributed by atoms with E-state index >= 15 is 0 Å². The van der Waals surface area contributed by atoms with Crippen molar-refractivity contribution in [2.45, 2.75) is 12.2 Å². The summed E-state index contributed by atoms with van der Waals surface area (Å²) >= 11 is 0. The van der Waals surface area contributed by atoms with E-state index in [1.54, 1.807) is 7.05 Å². The Morgan fingerprint density at radius 3 is 2.13 bits per heavy atom. The summed E-state index contributed by atoms with van der Waals surface area (Å²) in [5.41, 5.74) is -0.188. The Labute approximate surface area is 85.3 Å². The Kier molecular flexibility index (Phi) is 3.32. The molecule has 0 radical (unpaired) electrons. The Bertz CT molecular complexity index is 362. The summed E-state index contributed by atoms with van der Waals surface area (Å²) in [6.45, 7) is 0. The molecule has 80 valence electrons. The van der Waals surface area contributed by atoms with Crippen molar-refractivity contribution in [2.24, 2.45) is 0 Å². The lowest BCUT2D eigenvalue weighted by Crippen LogP contribution is -2.14. The Balaban J connectivity index is 2.96. The first-order valence-corrected chi connectivity index (χ1v) is 4.23. The quantitative estimate of drug-likeness (QED) is 0.820. The van der Waals surface area contributed by atoms with Crippen molar-refractivity contribution in [3.05, 3.63) is 35.4 Å². The Morgan fingerprint density at radius 2 is 1.80 bits per heavy atom. The molecule has 15 heavy (non-hydrogen) atoms. The van der Waals surface area contributed by atoms with Crippen LogP contribution in [0.25, 0.3) is 0 Å². The van der Waals surface area contributed by atoms with Gasteiger partial charge in [-0.2, -0.15) is 18.4 Å². The summed E-state index contributed by atoms with van der Waals surface area (Å²) in [7, 11) is 1.57. The van der Waals surface area contributed by atoms with Crippen LogP contribution in [-0.2, 0) is 6.18 Å². The van der Waals surface area contributed by atoms with Gasteiger partial charge in [-0.3, -0.25) is 0 Å². The molecular weight excluding hydrogens is 205 g/mol. The SMILES string of the molecule is CNC(C#N)c1ccc(C(F)(F)F)cc1. The molecule has 1 aromatic rings. The van der Waals surface area contributed by atoms with Crippen LogP contribution in [0.5, 0.6) is 0 Å². The average molecular weight is 214 g/mol. The molecule has 1 atom stereocenters. The van der Waals surface area contributed by atoms with Gasteiger partial charge in [-0.1, -0.05) is 12.1 Å². The molecule has 0 aliphatic rings. The highest BCUT2D eigenvalue weighted by atomic mass is 19.4. The van der Waals surface area contributed by atoms with Crippen LogP contribution >= 0.6 is 0 Å². The summed E-state index contributed by atoms with van der Waals surface area (Å²) < 4.78 is 36.6. The van der Waals surface area contributed by atoms with Gasteiger partial charge in [-0.05, 0) is 24.7 Å². The number of rotatable bonds is 2. The van der Waals surface area contributed by atoms with E-state index in [0.29, 0.717) is 5.56 Å². The third-order valence-electron chi connectivity index (χ3n) is 1.99. The van der Waals surface area contributed by atoms with E-state index in [1.807, 2.05) is 6.07 Å². The third kappa shape index (κ3) is 2.70. The van der Waals surface area contributed by atoms with E-state index in [4.69, 9.17) is 5.26 Å². The molecule has 0 fully saturated rings. The second kappa shape index (κ2) is 4.32. The van der Waals surface area contributed by atoms with E-state index in [-0.39, 0.29) is 0 Å². The van der Waals surface area contributed by atoms with E-state index in [0.717, 1.165) is 12.1 Å². The second-order valence-corrected chi connectivity index (χ2v) is 2.97. The molecule has 0 amide bonds. The molecule has 2 nitrogen and oxygen atoms in total. The molecular formula is C10H9F3N2. The number of nitrogens with zero attached hydrogens (tertiary/aromatic N) is 1. The molecule has 1 N–H and O–H groups in total. The number of nitrogens with one attached hydrogen (secondary N) is 1. The molecule has 0 saturated carbocycles. The molecule has 5 heteroatoms. The fraction of sp³-hybridized carbons (Fsp3) is 0.300. The minimum absolute atomic E-state index is 0.521. The fourth-order valence-electron chi connectivity index (χ4n) is 1.17. The van der Waals surface area contributed by atoms with E-state index in [2.05, 4.69) is 5.32 Å². The first-order valence-electron chi connectivity index (χ1n) is 4.23. The molecule has 0 bridgehead atoms. The van der Waals surface area contributed by atoms with Gasteiger partial charge < -0.3 is 5.32 Å². The minimum atomic E-state index is -4.33. The first-order chi connectivity index (χ1) is 6.99. The number of halogens is 3. The lowest BCUT2D eigenvalue weighted by molar-refractivity contribution is -0.137. The maximum atomic E-state index is 12.2. The third-order valence-corrected chi connectivity index (χ3v) is 1.99. The highest BCUT2D eigenvalue weighted by molar-refractivity contribution is 5.29. The van der Waals surface area contributed by atoms with E-state index < -0.39 is 17.8 Å². The van der Waals surface area contributed by atoms with Crippen molar-refractivity contribution >= 4 is 0 Å². The van der Waals surface area contributed by atoms with Gasteiger partial charge in [0.1, 0.15) is 6.04 Å². The lowest BCUT2D eigenvalue weighted by Gasteiger charge is -2.10. The number of benzene rings is 1. The molecule has 0 aliphatic carbocycles.